The minimum Gasteiger partial charge on any atom is -0.372 e. The SMILES string of the molecule is CCCc1cc2c(c(C(F)(F)F)c1)CO[C@@H]1CNC[C@H]21. The number of benzene rings is 1. The third-order valence-electron chi connectivity index (χ3n) is 4.19. The molecular formula is C15H18F3NO. The highest BCUT2D eigenvalue weighted by atomic mass is 19.4. The zero-order valence-electron chi connectivity index (χ0n) is 11.4. The first kappa shape index (κ1) is 13.9. The number of hydrogen-bond donors (Lipinski definition) is 1. The minimum atomic E-state index is -4.31. The van der Waals surface area contributed by atoms with Crippen LogP contribution in [0.1, 0.15) is 41.5 Å². The topological polar surface area (TPSA) is 21.3 Å². The zero-order chi connectivity index (χ0) is 14.3. The van der Waals surface area contributed by atoms with Crippen molar-refractivity contribution in [3.05, 3.63) is 34.4 Å². The minimum absolute atomic E-state index is 0.0143. The lowest BCUT2D eigenvalue weighted by Crippen LogP contribution is -2.29. The average molecular weight is 285 g/mol. The fourth-order valence-electron chi connectivity index (χ4n) is 3.26. The summed E-state index contributed by atoms with van der Waals surface area (Å²) < 4.78 is 45.4. The molecule has 2 nitrogen and oxygen atoms in total. The summed E-state index contributed by atoms with van der Waals surface area (Å²) in [7, 11) is 0. The molecule has 1 fully saturated rings. The van der Waals surface area contributed by atoms with Crippen LogP contribution in [0.25, 0.3) is 0 Å². The van der Waals surface area contributed by atoms with Crippen LogP contribution in [0.3, 0.4) is 0 Å². The second-order valence-electron chi connectivity index (χ2n) is 5.57. The molecule has 1 aromatic rings. The smallest absolute Gasteiger partial charge is 0.372 e. The van der Waals surface area contributed by atoms with Gasteiger partial charge in [-0.1, -0.05) is 19.4 Å². The van der Waals surface area contributed by atoms with Gasteiger partial charge < -0.3 is 10.1 Å². The normalized spacial score (nSPS) is 25.4. The number of alkyl halides is 3. The third-order valence-corrected chi connectivity index (χ3v) is 4.19. The highest BCUT2D eigenvalue weighted by Crippen LogP contribution is 2.41. The van der Waals surface area contributed by atoms with E-state index in [0.717, 1.165) is 24.1 Å². The molecule has 0 radical (unpaired) electrons. The van der Waals surface area contributed by atoms with Crippen molar-refractivity contribution in [3.63, 3.8) is 0 Å². The van der Waals surface area contributed by atoms with Gasteiger partial charge in [0.15, 0.2) is 0 Å². The van der Waals surface area contributed by atoms with Crippen molar-refractivity contribution in [2.75, 3.05) is 13.1 Å². The maximum absolute atomic E-state index is 13.3. The Morgan fingerprint density at radius 1 is 1.30 bits per heavy atom. The lowest BCUT2D eigenvalue weighted by molar-refractivity contribution is -0.139. The summed E-state index contributed by atoms with van der Waals surface area (Å²) in [5.41, 5.74) is 1.45. The number of nitrogens with one attached hydrogen (secondary N) is 1. The number of ether oxygens (including phenoxy) is 1. The maximum Gasteiger partial charge on any atom is 0.416 e. The second-order valence-corrected chi connectivity index (χ2v) is 5.57. The molecule has 2 aliphatic rings. The van der Waals surface area contributed by atoms with Crippen LogP contribution < -0.4 is 5.32 Å². The molecule has 0 aromatic heterocycles. The van der Waals surface area contributed by atoms with Crippen molar-refractivity contribution in [2.24, 2.45) is 0 Å². The Kier molecular flexibility index (Phi) is 3.50. The van der Waals surface area contributed by atoms with Crippen molar-refractivity contribution in [2.45, 2.75) is 44.6 Å². The van der Waals surface area contributed by atoms with E-state index in [4.69, 9.17) is 4.74 Å². The van der Waals surface area contributed by atoms with Crippen LogP contribution in [0, 0.1) is 0 Å². The Morgan fingerprint density at radius 3 is 2.80 bits per heavy atom. The largest absolute Gasteiger partial charge is 0.416 e. The van der Waals surface area contributed by atoms with Gasteiger partial charge in [0.2, 0.25) is 0 Å². The molecule has 5 heteroatoms. The van der Waals surface area contributed by atoms with Gasteiger partial charge >= 0.3 is 6.18 Å². The summed E-state index contributed by atoms with van der Waals surface area (Å²) in [5.74, 6) is 0.0525. The van der Waals surface area contributed by atoms with Gasteiger partial charge in [-0.15, -0.1) is 0 Å². The predicted molar refractivity (Wildman–Crippen MR) is 69.6 cm³/mol. The van der Waals surface area contributed by atoms with Gasteiger partial charge in [-0.3, -0.25) is 0 Å². The van der Waals surface area contributed by atoms with Crippen LogP contribution in [-0.2, 0) is 23.9 Å². The van der Waals surface area contributed by atoms with Gasteiger partial charge in [0.1, 0.15) is 0 Å². The molecule has 2 atom stereocenters. The predicted octanol–water partition coefficient (Wildman–Crippen LogP) is 3.24. The lowest BCUT2D eigenvalue weighted by Gasteiger charge is -2.30. The first-order chi connectivity index (χ1) is 9.50. The molecule has 1 saturated heterocycles. The molecular weight excluding hydrogens is 267 g/mol. The summed E-state index contributed by atoms with van der Waals surface area (Å²) in [4.78, 5) is 0. The van der Waals surface area contributed by atoms with E-state index in [9.17, 15) is 13.2 Å². The fraction of sp³-hybridized carbons (Fsp3) is 0.600. The van der Waals surface area contributed by atoms with Crippen molar-refractivity contribution in [1.29, 1.82) is 0 Å². The standard InChI is InChI=1S/C15H18F3NO/c1-2-3-9-4-10-11-6-19-7-14(11)20-8-12(10)13(5-9)15(16,17)18/h4-5,11,14,19H,2-3,6-8H2,1H3/t11-,14-/m1/s1. The van der Waals surface area contributed by atoms with E-state index in [1.807, 2.05) is 13.0 Å². The zero-order valence-corrected chi connectivity index (χ0v) is 11.4. The lowest BCUT2D eigenvalue weighted by atomic mass is 9.85. The van der Waals surface area contributed by atoms with Crippen LogP contribution in [0.2, 0.25) is 0 Å². The Balaban J connectivity index is 2.12. The first-order valence-electron chi connectivity index (χ1n) is 7.06. The van der Waals surface area contributed by atoms with Gasteiger partial charge in [0, 0.05) is 19.0 Å². The molecule has 2 aliphatic heterocycles. The highest BCUT2D eigenvalue weighted by Gasteiger charge is 2.41. The molecule has 0 saturated carbocycles. The van der Waals surface area contributed by atoms with Gasteiger partial charge in [-0.05, 0) is 29.2 Å². The van der Waals surface area contributed by atoms with Crippen molar-refractivity contribution in [1.82, 2.24) is 5.32 Å². The van der Waals surface area contributed by atoms with E-state index < -0.39 is 11.7 Å². The molecule has 0 spiro atoms. The molecule has 0 aliphatic carbocycles. The Labute approximate surface area is 116 Å². The molecule has 2 heterocycles. The van der Waals surface area contributed by atoms with Gasteiger partial charge in [0.25, 0.3) is 0 Å². The summed E-state index contributed by atoms with van der Waals surface area (Å²) in [6.07, 6.45) is -2.77. The molecule has 0 unspecified atom stereocenters. The van der Waals surface area contributed by atoms with E-state index in [1.165, 1.54) is 6.07 Å². The van der Waals surface area contributed by atoms with E-state index in [0.29, 0.717) is 18.5 Å². The molecule has 1 N–H and O–H groups in total. The van der Waals surface area contributed by atoms with Gasteiger partial charge in [0.05, 0.1) is 18.3 Å². The molecule has 20 heavy (non-hydrogen) atoms. The summed E-state index contributed by atoms with van der Waals surface area (Å²) in [6, 6.07) is 3.26. The molecule has 0 bridgehead atoms. The monoisotopic (exact) mass is 285 g/mol. The second kappa shape index (κ2) is 5.04. The average Bonchev–Trinajstić information content (AvgIpc) is 2.85. The van der Waals surface area contributed by atoms with Crippen LogP contribution in [0.15, 0.2) is 12.1 Å². The van der Waals surface area contributed by atoms with Crippen LogP contribution in [-0.4, -0.2) is 19.2 Å². The number of halogens is 3. The van der Waals surface area contributed by atoms with Crippen LogP contribution >= 0.6 is 0 Å². The Hall–Kier alpha value is -1.07. The van der Waals surface area contributed by atoms with E-state index >= 15 is 0 Å². The van der Waals surface area contributed by atoms with E-state index in [2.05, 4.69) is 5.32 Å². The summed E-state index contributed by atoms with van der Waals surface area (Å²) in [6.45, 7) is 3.48. The molecule has 1 aromatic carbocycles. The van der Waals surface area contributed by atoms with Crippen LogP contribution in [0.4, 0.5) is 13.2 Å². The Bertz CT molecular complexity index is 513. The third kappa shape index (κ3) is 2.33. The van der Waals surface area contributed by atoms with E-state index in [-0.39, 0.29) is 18.6 Å². The number of rotatable bonds is 2. The molecule has 110 valence electrons. The summed E-state index contributed by atoms with van der Waals surface area (Å²) in [5, 5.41) is 3.21. The quantitative estimate of drug-likeness (QED) is 0.900. The van der Waals surface area contributed by atoms with E-state index in [1.54, 1.807) is 0 Å². The van der Waals surface area contributed by atoms with Crippen molar-refractivity contribution < 1.29 is 17.9 Å². The van der Waals surface area contributed by atoms with Gasteiger partial charge in [-0.25, -0.2) is 0 Å². The van der Waals surface area contributed by atoms with Crippen molar-refractivity contribution in [3.8, 4) is 0 Å². The number of fused-ring (bicyclic) bond motifs is 3. The van der Waals surface area contributed by atoms with Gasteiger partial charge in [-0.2, -0.15) is 13.2 Å². The maximum atomic E-state index is 13.3. The number of hydrogen-bond acceptors (Lipinski definition) is 2. The van der Waals surface area contributed by atoms with Crippen molar-refractivity contribution >= 4 is 0 Å². The first-order valence-corrected chi connectivity index (χ1v) is 7.06. The Morgan fingerprint density at radius 2 is 2.10 bits per heavy atom. The van der Waals surface area contributed by atoms with Crippen LogP contribution in [0.5, 0.6) is 0 Å². The fourth-order valence-corrected chi connectivity index (χ4v) is 3.26. The molecule has 3 rings (SSSR count). The molecule has 0 amide bonds. The summed E-state index contributed by atoms with van der Waals surface area (Å²) >= 11 is 0. The highest BCUT2D eigenvalue weighted by molar-refractivity contribution is 5.45. The number of aryl methyl sites for hydroxylation is 1.